The molecule has 3 aliphatic rings. The molecule has 3 aromatic rings. The SMILES string of the molecule is C=CCO[C@@]12Oc3ccc(OCc4ccccc4F)cc3[C@H]3[C@H](CCCCO)[C@@H](CCCCO)C=C(C(=NOCC)C[C@@H]1N(CCOCCO)C(=O)Oc1ccc([N+](=O)[O-])cc1)[C@H]32. The van der Waals surface area contributed by atoms with Crippen LogP contribution in [0, 0.1) is 33.7 Å². The zero-order valence-electron chi connectivity index (χ0n) is 35.6. The first kappa shape index (κ1) is 47.1. The van der Waals surface area contributed by atoms with Gasteiger partial charge in [0, 0.05) is 55.4 Å². The van der Waals surface area contributed by atoms with Crippen molar-refractivity contribution in [3.8, 4) is 17.2 Å². The molecule has 1 saturated carbocycles. The number of hydrogen-bond donors (Lipinski definition) is 3. The Morgan fingerprint density at radius 3 is 2.46 bits per heavy atom. The zero-order valence-corrected chi connectivity index (χ0v) is 35.6. The van der Waals surface area contributed by atoms with Crippen LogP contribution in [0.15, 0.2) is 96.2 Å². The molecule has 63 heavy (non-hydrogen) atoms. The minimum Gasteiger partial charge on any atom is -0.489 e. The van der Waals surface area contributed by atoms with Crippen LogP contribution in [0.4, 0.5) is 14.9 Å². The smallest absolute Gasteiger partial charge is 0.415 e. The topological polar surface area (TPSA) is 192 Å². The van der Waals surface area contributed by atoms with Gasteiger partial charge in [0.15, 0.2) is 0 Å². The zero-order chi connectivity index (χ0) is 44.8. The fraction of sp³-hybridized carbons (Fsp3) is 0.489. The maximum Gasteiger partial charge on any atom is 0.415 e. The van der Waals surface area contributed by atoms with Gasteiger partial charge in [-0.05, 0) is 86.4 Å². The van der Waals surface area contributed by atoms with Crippen molar-refractivity contribution < 1.29 is 57.9 Å². The molecule has 15 nitrogen and oxygen atoms in total. The highest BCUT2D eigenvalue weighted by molar-refractivity contribution is 6.03. The third-order valence-corrected chi connectivity index (χ3v) is 11.9. The highest BCUT2D eigenvalue weighted by atomic mass is 19.1. The Hall–Kier alpha value is -5.39. The van der Waals surface area contributed by atoms with Crippen molar-refractivity contribution in [3.63, 3.8) is 0 Å². The molecule has 1 amide bonds. The average Bonchev–Trinajstić information content (AvgIpc) is 3.29. The Morgan fingerprint density at radius 1 is 1.02 bits per heavy atom. The van der Waals surface area contributed by atoms with E-state index in [0.717, 1.165) is 24.0 Å². The lowest BCUT2D eigenvalue weighted by atomic mass is 9.55. The second kappa shape index (κ2) is 22.8. The van der Waals surface area contributed by atoms with E-state index in [1.54, 1.807) is 36.4 Å². The van der Waals surface area contributed by atoms with Gasteiger partial charge in [-0.1, -0.05) is 48.3 Å². The van der Waals surface area contributed by atoms with E-state index in [0.29, 0.717) is 48.5 Å². The number of unbranched alkanes of at least 4 members (excludes halogenated alkanes) is 2. The first-order chi connectivity index (χ1) is 30.7. The summed E-state index contributed by atoms with van der Waals surface area (Å²) in [5, 5.41) is 45.4. The second-order valence-electron chi connectivity index (χ2n) is 15.7. The predicted molar refractivity (Wildman–Crippen MR) is 231 cm³/mol. The van der Waals surface area contributed by atoms with Crippen LogP contribution in [-0.4, -0.2) is 102 Å². The predicted octanol–water partition coefficient (Wildman–Crippen LogP) is 7.48. The summed E-state index contributed by atoms with van der Waals surface area (Å²) in [4.78, 5) is 32.8. The number of rotatable bonds is 24. The molecule has 1 heterocycles. The van der Waals surface area contributed by atoms with Crippen molar-refractivity contribution in [2.45, 2.75) is 76.2 Å². The minimum absolute atomic E-state index is 0.00526. The van der Waals surface area contributed by atoms with Crippen LogP contribution in [0.2, 0.25) is 0 Å². The number of allylic oxidation sites excluding steroid dienone is 1. The Labute approximate surface area is 366 Å². The number of nitrogens with zero attached hydrogens (tertiary/aromatic N) is 3. The average molecular weight is 876 g/mol. The molecule has 3 aromatic carbocycles. The Balaban J connectivity index is 1.54. The van der Waals surface area contributed by atoms with Crippen LogP contribution in [0.3, 0.4) is 0 Å². The summed E-state index contributed by atoms with van der Waals surface area (Å²) in [6.07, 6.45) is 7.21. The van der Waals surface area contributed by atoms with Crippen LogP contribution >= 0.6 is 0 Å². The van der Waals surface area contributed by atoms with Crippen molar-refractivity contribution in [3.05, 3.63) is 118 Å². The Bertz CT molecular complexity index is 2060. The number of oxime groups is 1. The van der Waals surface area contributed by atoms with Crippen molar-refractivity contribution in [1.29, 1.82) is 0 Å². The van der Waals surface area contributed by atoms with Gasteiger partial charge >= 0.3 is 6.09 Å². The molecule has 6 rings (SSSR count). The van der Waals surface area contributed by atoms with E-state index in [1.807, 2.05) is 13.0 Å². The van der Waals surface area contributed by atoms with Gasteiger partial charge < -0.3 is 43.8 Å². The molecule has 16 heteroatoms. The number of benzene rings is 3. The van der Waals surface area contributed by atoms with Gasteiger partial charge in [-0.2, -0.15) is 0 Å². The van der Waals surface area contributed by atoms with Gasteiger partial charge in [0.1, 0.15) is 42.3 Å². The molecular weight excluding hydrogens is 818 g/mol. The number of carbonyl (C=O) groups is 1. The fourth-order valence-corrected chi connectivity index (χ4v) is 9.16. The molecule has 1 aliphatic heterocycles. The van der Waals surface area contributed by atoms with Crippen molar-refractivity contribution >= 4 is 17.5 Å². The number of hydrogen-bond acceptors (Lipinski definition) is 13. The summed E-state index contributed by atoms with van der Waals surface area (Å²) in [7, 11) is 0. The third kappa shape index (κ3) is 11.0. The lowest BCUT2D eigenvalue weighted by molar-refractivity contribution is -0.384. The van der Waals surface area contributed by atoms with Gasteiger partial charge in [0.2, 0.25) is 5.79 Å². The molecule has 0 saturated heterocycles. The molecule has 0 unspecified atom stereocenters. The van der Waals surface area contributed by atoms with Crippen LogP contribution in [0.5, 0.6) is 17.2 Å². The lowest BCUT2D eigenvalue weighted by Crippen LogP contribution is -2.70. The van der Waals surface area contributed by atoms with E-state index in [2.05, 4.69) is 17.8 Å². The number of halogens is 1. The minimum atomic E-state index is -1.62. The second-order valence-corrected chi connectivity index (χ2v) is 15.7. The third-order valence-electron chi connectivity index (χ3n) is 11.9. The molecule has 2 aliphatic carbocycles. The number of fused-ring (bicyclic) bond motifs is 2. The number of aliphatic hydroxyl groups is 3. The first-order valence-electron chi connectivity index (χ1n) is 21.7. The maximum atomic E-state index is 14.7. The quantitative estimate of drug-likeness (QED) is 0.0349. The summed E-state index contributed by atoms with van der Waals surface area (Å²) >= 11 is 0. The van der Waals surface area contributed by atoms with E-state index >= 15 is 0 Å². The van der Waals surface area contributed by atoms with Crippen LogP contribution in [0.25, 0.3) is 0 Å². The molecule has 0 aromatic heterocycles. The molecular formula is C47H58FN3O12. The Kier molecular flexibility index (Phi) is 17.1. The summed E-state index contributed by atoms with van der Waals surface area (Å²) < 4.78 is 46.8. The van der Waals surface area contributed by atoms with E-state index in [1.165, 1.54) is 35.2 Å². The standard InChI is InChI=1S/C47H58FN3O12/c1-3-25-60-47-43(50(21-26-58-27-24-54)46(55)62-35-17-15-34(16-18-35)51(56)57)30-41(49-61-4-2)38-28-32(11-7-9-22-52)37(13-8-10-23-53)44(45(38)47)39-29-36(19-20-42(39)63-47)59-31-33-12-5-6-14-40(33)48/h3,5-6,12,14-20,28-29,32,37,43-45,52-54H,1,4,7-11,13,21-27,30-31H2,2H3/t32-,37+,43-,44+,45+,47+/m0/s1. The highest BCUT2D eigenvalue weighted by Crippen LogP contribution is 2.62. The maximum absolute atomic E-state index is 14.7. The molecule has 1 fully saturated rings. The van der Waals surface area contributed by atoms with Crippen molar-refractivity contribution in [2.24, 2.45) is 22.9 Å². The van der Waals surface area contributed by atoms with Gasteiger partial charge in [-0.3, -0.25) is 15.0 Å². The summed E-state index contributed by atoms with van der Waals surface area (Å²) in [6.45, 7) is 5.85. The number of non-ortho nitro benzene ring substituents is 1. The number of nitro groups is 1. The van der Waals surface area contributed by atoms with Crippen molar-refractivity contribution in [2.75, 3.05) is 52.8 Å². The molecule has 0 bridgehead atoms. The summed E-state index contributed by atoms with van der Waals surface area (Å²) in [5.41, 5.74) is 2.43. The van der Waals surface area contributed by atoms with Crippen molar-refractivity contribution in [1.82, 2.24) is 4.90 Å². The highest BCUT2D eigenvalue weighted by Gasteiger charge is 2.65. The van der Waals surface area contributed by atoms with E-state index < -0.39 is 28.8 Å². The van der Waals surface area contributed by atoms with Crippen LogP contribution in [0.1, 0.15) is 68.9 Å². The number of amides is 1. The monoisotopic (exact) mass is 875 g/mol. The molecule has 6 atom stereocenters. The van der Waals surface area contributed by atoms with Crippen LogP contribution in [-0.2, 0) is 20.9 Å². The summed E-state index contributed by atoms with van der Waals surface area (Å²) in [6, 6.07) is 16.1. The Morgan fingerprint density at radius 2 is 1.76 bits per heavy atom. The van der Waals surface area contributed by atoms with Gasteiger partial charge in [-0.25, -0.2) is 9.18 Å². The molecule has 3 N–H and O–H groups in total. The fourth-order valence-electron chi connectivity index (χ4n) is 9.16. The van der Waals surface area contributed by atoms with E-state index in [9.17, 15) is 34.6 Å². The van der Waals surface area contributed by atoms with E-state index in [4.69, 9.17) is 28.5 Å². The number of ether oxygens (including phenoxy) is 5. The largest absolute Gasteiger partial charge is 0.489 e. The van der Waals surface area contributed by atoms with Gasteiger partial charge in [0.25, 0.3) is 5.69 Å². The summed E-state index contributed by atoms with van der Waals surface area (Å²) in [5.74, 6) is -2.04. The molecule has 340 valence electrons. The van der Waals surface area contributed by atoms with Gasteiger partial charge in [0.05, 0.1) is 43.0 Å². The van der Waals surface area contributed by atoms with Crippen LogP contribution < -0.4 is 14.2 Å². The number of aliphatic hydroxyl groups excluding tert-OH is 3. The molecule has 0 spiro atoms. The van der Waals surface area contributed by atoms with Gasteiger partial charge in [-0.15, -0.1) is 6.58 Å². The number of nitro benzene ring substituents is 1. The normalized spacial score (nSPS) is 22.8. The van der Waals surface area contributed by atoms with E-state index in [-0.39, 0.29) is 101 Å². The lowest BCUT2D eigenvalue weighted by Gasteiger charge is -2.59. The number of carbonyl (C=O) groups excluding carboxylic acids is 1. The molecule has 0 radical (unpaired) electrons. The first-order valence-corrected chi connectivity index (χ1v) is 21.7.